The fourth-order valence-electron chi connectivity index (χ4n) is 3.12. The summed E-state index contributed by atoms with van der Waals surface area (Å²) >= 11 is 0. The molecular weight excluding hydrogens is 346 g/mol. The number of hydrogen-bond acceptors (Lipinski definition) is 6. The number of piperazine rings is 1. The van der Waals surface area contributed by atoms with E-state index >= 15 is 0 Å². The molecule has 0 aromatic heterocycles. The number of carbonyl (C=O) groups excluding carboxylic acids is 1. The first-order valence-electron chi connectivity index (χ1n) is 8.90. The van der Waals surface area contributed by atoms with E-state index < -0.39 is 10.8 Å². The Hall–Kier alpha value is -3.13. The zero-order valence-corrected chi connectivity index (χ0v) is 15.2. The number of hydrogen-bond donors (Lipinski definition) is 2. The monoisotopic (exact) mass is 369 g/mol. The highest BCUT2D eigenvalue weighted by Crippen LogP contribution is 2.24. The molecule has 27 heavy (non-hydrogen) atoms. The van der Waals surface area contributed by atoms with Gasteiger partial charge in [-0.05, 0) is 42.9 Å². The lowest BCUT2D eigenvalue weighted by Crippen LogP contribution is -2.46. The summed E-state index contributed by atoms with van der Waals surface area (Å²) in [5, 5.41) is 13.7. The number of nitrogens with two attached hydrogens (primary N) is 1. The molecule has 0 radical (unpaired) electrons. The highest BCUT2D eigenvalue weighted by molar-refractivity contribution is 6.05. The van der Waals surface area contributed by atoms with E-state index in [1.54, 1.807) is 0 Å². The minimum absolute atomic E-state index is 0.0315. The number of anilines is 3. The normalized spacial score (nSPS) is 14.8. The summed E-state index contributed by atoms with van der Waals surface area (Å²) in [6.45, 7) is 7.30. The lowest BCUT2D eigenvalue weighted by Gasteiger charge is -2.35. The first-order chi connectivity index (χ1) is 13.0. The van der Waals surface area contributed by atoms with Crippen LogP contribution >= 0.6 is 0 Å². The number of nitrogens with one attached hydrogen (secondary N) is 1. The molecule has 0 unspecified atom stereocenters. The summed E-state index contributed by atoms with van der Waals surface area (Å²) in [6.07, 6.45) is 0. The standard InChI is InChI=1S/C19H23N5O3/c1-2-22-9-11-23(12-10-22)16-6-4-15(5-7-16)21-19(25)14-3-8-17(20)18(13-14)24(26)27/h3-8,13H,2,9-12,20H2,1H3,(H,21,25). The Labute approximate surface area is 157 Å². The number of rotatable bonds is 5. The van der Waals surface area contributed by atoms with Crippen LogP contribution in [-0.2, 0) is 0 Å². The molecule has 3 rings (SSSR count). The van der Waals surface area contributed by atoms with Crippen molar-refractivity contribution in [3.05, 3.63) is 58.1 Å². The van der Waals surface area contributed by atoms with Gasteiger partial charge in [0.25, 0.3) is 11.6 Å². The van der Waals surface area contributed by atoms with Gasteiger partial charge in [-0.2, -0.15) is 0 Å². The van der Waals surface area contributed by atoms with Gasteiger partial charge in [-0.15, -0.1) is 0 Å². The summed E-state index contributed by atoms with van der Waals surface area (Å²) in [5.74, 6) is -0.414. The van der Waals surface area contributed by atoms with Crippen LogP contribution in [0.2, 0.25) is 0 Å². The Balaban J connectivity index is 1.65. The van der Waals surface area contributed by atoms with Crippen LogP contribution in [0.5, 0.6) is 0 Å². The van der Waals surface area contributed by atoms with Gasteiger partial charge in [0.05, 0.1) is 4.92 Å². The van der Waals surface area contributed by atoms with E-state index in [2.05, 4.69) is 22.0 Å². The average Bonchev–Trinajstić information content (AvgIpc) is 2.68. The van der Waals surface area contributed by atoms with Crippen molar-refractivity contribution in [2.24, 2.45) is 0 Å². The van der Waals surface area contributed by atoms with Gasteiger partial charge in [0.1, 0.15) is 5.69 Å². The minimum atomic E-state index is -0.598. The molecule has 2 aromatic rings. The summed E-state index contributed by atoms with van der Waals surface area (Å²) in [5.41, 5.74) is 7.27. The van der Waals surface area contributed by atoms with Crippen molar-refractivity contribution in [1.82, 2.24) is 4.90 Å². The van der Waals surface area contributed by atoms with Gasteiger partial charge in [0.15, 0.2) is 0 Å². The van der Waals surface area contributed by atoms with Crippen LogP contribution in [-0.4, -0.2) is 48.5 Å². The smallest absolute Gasteiger partial charge is 0.292 e. The topological polar surface area (TPSA) is 105 Å². The molecule has 1 aliphatic rings. The van der Waals surface area contributed by atoms with E-state index in [9.17, 15) is 14.9 Å². The van der Waals surface area contributed by atoms with Crippen molar-refractivity contribution >= 4 is 28.7 Å². The minimum Gasteiger partial charge on any atom is -0.393 e. The van der Waals surface area contributed by atoms with Crippen molar-refractivity contribution in [3.8, 4) is 0 Å². The highest BCUT2D eigenvalue weighted by atomic mass is 16.6. The third-order valence-electron chi connectivity index (χ3n) is 4.80. The van der Waals surface area contributed by atoms with E-state index in [0.29, 0.717) is 5.69 Å². The lowest BCUT2D eigenvalue weighted by atomic mass is 10.1. The number of amides is 1. The van der Waals surface area contributed by atoms with Gasteiger partial charge in [0, 0.05) is 49.2 Å². The van der Waals surface area contributed by atoms with Gasteiger partial charge in [-0.3, -0.25) is 14.9 Å². The van der Waals surface area contributed by atoms with E-state index in [-0.39, 0.29) is 16.9 Å². The van der Waals surface area contributed by atoms with Crippen molar-refractivity contribution in [3.63, 3.8) is 0 Å². The van der Waals surface area contributed by atoms with Crippen LogP contribution in [0.3, 0.4) is 0 Å². The summed E-state index contributed by atoms with van der Waals surface area (Å²) in [7, 11) is 0. The molecular formula is C19H23N5O3. The van der Waals surface area contributed by atoms with Crippen LogP contribution in [0.1, 0.15) is 17.3 Å². The van der Waals surface area contributed by atoms with Crippen LogP contribution in [0, 0.1) is 10.1 Å². The maximum atomic E-state index is 12.4. The van der Waals surface area contributed by atoms with Crippen molar-refractivity contribution < 1.29 is 9.72 Å². The molecule has 0 atom stereocenters. The number of benzene rings is 2. The number of carbonyl (C=O) groups is 1. The molecule has 1 heterocycles. The van der Waals surface area contributed by atoms with Gasteiger partial charge < -0.3 is 20.9 Å². The Morgan fingerprint density at radius 1 is 1.15 bits per heavy atom. The average molecular weight is 369 g/mol. The number of nitro groups is 1. The van der Waals surface area contributed by atoms with Gasteiger partial charge in [-0.25, -0.2) is 0 Å². The first-order valence-corrected chi connectivity index (χ1v) is 8.90. The van der Waals surface area contributed by atoms with Gasteiger partial charge in [0.2, 0.25) is 0 Å². The molecule has 1 amide bonds. The molecule has 8 nitrogen and oxygen atoms in total. The zero-order valence-electron chi connectivity index (χ0n) is 15.2. The molecule has 8 heteroatoms. The molecule has 2 aromatic carbocycles. The maximum Gasteiger partial charge on any atom is 0.292 e. The van der Waals surface area contributed by atoms with Crippen molar-refractivity contribution in [2.45, 2.75) is 6.92 Å². The second-order valence-electron chi connectivity index (χ2n) is 6.45. The Morgan fingerprint density at radius 2 is 1.81 bits per heavy atom. The molecule has 142 valence electrons. The largest absolute Gasteiger partial charge is 0.393 e. The quantitative estimate of drug-likeness (QED) is 0.477. The molecule has 0 saturated carbocycles. The summed E-state index contributed by atoms with van der Waals surface area (Å²) in [6, 6.07) is 11.7. The third-order valence-corrected chi connectivity index (χ3v) is 4.80. The van der Waals surface area contributed by atoms with E-state index in [1.807, 2.05) is 24.3 Å². The first kappa shape index (κ1) is 18.7. The number of nitrogens with zero attached hydrogens (tertiary/aromatic N) is 3. The van der Waals surface area contributed by atoms with Crippen LogP contribution in [0.25, 0.3) is 0 Å². The summed E-state index contributed by atoms with van der Waals surface area (Å²) in [4.78, 5) is 27.5. The molecule has 1 saturated heterocycles. The Bertz CT molecular complexity index is 830. The molecule has 0 spiro atoms. The SMILES string of the molecule is CCN1CCN(c2ccc(NC(=O)c3ccc(N)c([N+](=O)[O-])c3)cc2)CC1. The zero-order chi connectivity index (χ0) is 19.4. The molecule has 0 bridgehead atoms. The predicted octanol–water partition coefficient (Wildman–Crippen LogP) is 2.57. The third kappa shape index (κ3) is 4.35. The second kappa shape index (κ2) is 8.05. The number of nitrogen functional groups attached to an aromatic ring is 1. The highest BCUT2D eigenvalue weighted by Gasteiger charge is 2.17. The number of nitro benzene ring substituents is 1. The van der Waals surface area contributed by atoms with Gasteiger partial charge in [-0.1, -0.05) is 6.92 Å². The van der Waals surface area contributed by atoms with E-state index in [4.69, 9.17) is 5.73 Å². The molecule has 0 aliphatic carbocycles. The van der Waals surface area contributed by atoms with Crippen molar-refractivity contribution in [1.29, 1.82) is 0 Å². The van der Waals surface area contributed by atoms with E-state index in [0.717, 1.165) is 38.4 Å². The van der Waals surface area contributed by atoms with Crippen LogP contribution in [0.15, 0.2) is 42.5 Å². The fourth-order valence-corrected chi connectivity index (χ4v) is 3.12. The molecule has 3 N–H and O–H groups in total. The Morgan fingerprint density at radius 3 is 2.41 bits per heavy atom. The van der Waals surface area contributed by atoms with Crippen molar-refractivity contribution in [2.75, 3.05) is 48.7 Å². The van der Waals surface area contributed by atoms with Crippen LogP contribution < -0.4 is 16.0 Å². The lowest BCUT2D eigenvalue weighted by molar-refractivity contribution is -0.383. The number of likely N-dealkylation sites (N-methyl/N-ethyl adjacent to an activating group) is 1. The molecule has 1 aliphatic heterocycles. The van der Waals surface area contributed by atoms with Gasteiger partial charge >= 0.3 is 0 Å². The second-order valence-corrected chi connectivity index (χ2v) is 6.45. The van der Waals surface area contributed by atoms with E-state index in [1.165, 1.54) is 18.2 Å². The predicted molar refractivity (Wildman–Crippen MR) is 106 cm³/mol. The maximum absolute atomic E-state index is 12.4. The molecule has 1 fully saturated rings. The fraction of sp³-hybridized carbons (Fsp3) is 0.316. The summed E-state index contributed by atoms with van der Waals surface area (Å²) < 4.78 is 0. The Kier molecular flexibility index (Phi) is 5.56. The van der Waals surface area contributed by atoms with Crippen LogP contribution in [0.4, 0.5) is 22.7 Å².